The highest BCUT2D eigenvalue weighted by atomic mass is 16.3. The Morgan fingerprint density at radius 3 is 1.36 bits per heavy atom. The minimum absolute atomic E-state index is 0.383. The van der Waals surface area contributed by atoms with Gasteiger partial charge < -0.3 is 9.32 Å². The van der Waals surface area contributed by atoms with E-state index in [0.29, 0.717) is 0 Å². The summed E-state index contributed by atoms with van der Waals surface area (Å²) in [4.78, 5) is 2.36. The number of hydrogen-bond acceptors (Lipinski definition) is 2. The van der Waals surface area contributed by atoms with E-state index in [1.165, 1.54) is 77.5 Å². The average molecular weight is 852 g/mol. The number of nitrogens with zero attached hydrogens (tertiary/aromatic N) is 1. The van der Waals surface area contributed by atoms with Gasteiger partial charge in [-0.1, -0.05) is 200 Å². The van der Waals surface area contributed by atoms with Crippen LogP contribution in [0.25, 0.3) is 88.3 Å². The molecule has 0 bridgehead atoms. The fourth-order valence-corrected chi connectivity index (χ4v) is 11.6. The first kappa shape index (κ1) is 37.6. The molecule has 1 heterocycles. The second-order valence-electron chi connectivity index (χ2n) is 17.9. The zero-order valence-corrected chi connectivity index (χ0v) is 36.5. The van der Waals surface area contributed by atoms with Crippen LogP contribution in [0.3, 0.4) is 0 Å². The molecule has 67 heavy (non-hydrogen) atoms. The summed E-state index contributed by atoms with van der Waals surface area (Å²) in [5, 5.41) is 4.76. The van der Waals surface area contributed by atoms with Crippen molar-refractivity contribution < 1.29 is 4.42 Å². The molecule has 11 aromatic carbocycles. The van der Waals surface area contributed by atoms with Gasteiger partial charge in [-0.25, -0.2) is 0 Å². The molecule has 1 spiro atoms. The molecule has 0 saturated heterocycles. The second-order valence-corrected chi connectivity index (χ2v) is 17.9. The fraction of sp³-hybridized carbons (Fsp3) is 0.0154. The van der Waals surface area contributed by atoms with Gasteiger partial charge in [0.1, 0.15) is 11.2 Å². The van der Waals surface area contributed by atoms with Crippen LogP contribution in [0.1, 0.15) is 22.3 Å². The number of rotatable bonds is 6. The molecular weight excluding hydrogens is 811 g/mol. The molecule has 0 radical (unpaired) electrons. The van der Waals surface area contributed by atoms with E-state index < -0.39 is 0 Å². The topological polar surface area (TPSA) is 16.4 Å². The third-order valence-corrected chi connectivity index (χ3v) is 14.5. The van der Waals surface area contributed by atoms with Crippen molar-refractivity contribution in [1.82, 2.24) is 0 Å². The monoisotopic (exact) mass is 851 g/mol. The van der Waals surface area contributed by atoms with Crippen LogP contribution in [-0.4, -0.2) is 0 Å². The Bertz CT molecular complexity index is 3840. The van der Waals surface area contributed by atoms with Crippen molar-refractivity contribution in [3.63, 3.8) is 0 Å². The van der Waals surface area contributed by atoms with Crippen molar-refractivity contribution in [2.75, 3.05) is 4.90 Å². The van der Waals surface area contributed by atoms with Crippen LogP contribution in [0.4, 0.5) is 17.1 Å². The largest absolute Gasteiger partial charge is 0.455 e. The van der Waals surface area contributed by atoms with Crippen LogP contribution >= 0.6 is 0 Å². The molecule has 2 heteroatoms. The maximum Gasteiger partial charge on any atom is 0.143 e. The van der Waals surface area contributed by atoms with E-state index in [9.17, 15) is 0 Å². The lowest BCUT2D eigenvalue weighted by Gasteiger charge is -2.30. The lowest BCUT2D eigenvalue weighted by atomic mass is 9.70. The summed E-state index contributed by atoms with van der Waals surface area (Å²) in [6, 6.07) is 91.1. The summed E-state index contributed by atoms with van der Waals surface area (Å²) in [6.45, 7) is 0. The number of fused-ring (bicyclic) bond motifs is 14. The summed E-state index contributed by atoms with van der Waals surface area (Å²) in [6.07, 6.45) is 0. The first-order valence-corrected chi connectivity index (χ1v) is 23.2. The fourth-order valence-electron chi connectivity index (χ4n) is 11.6. The zero-order chi connectivity index (χ0) is 44.1. The van der Waals surface area contributed by atoms with Gasteiger partial charge in [-0.3, -0.25) is 0 Å². The van der Waals surface area contributed by atoms with Gasteiger partial charge in [0.2, 0.25) is 0 Å². The normalized spacial score (nSPS) is 12.9. The van der Waals surface area contributed by atoms with E-state index in [1.807, 2.05) is 12.1 Å². The second kappa shape index (κ2) is 14.7. The molecule has 0 amide bonds. The van der Waals surface area contributed by atoms with Crippen molar-refractivity contribution in [2.45, 2.75) is 5.41 Å². The van der Waals surface area contributed by atoms with Crippen LogP contribution in [0.2, 0.25) is 0 Å². The Morgan fingerprint density at radius 1 is 0.284 bits per heavy atom. The number of para-hydroxylation sites is 2. The minimum Gasteiger partial charge on any atom is -0.455 e. The molecule has 312 valence electrons. The van der Waals surface area contributed by atoms with Crippen molar-refractivity contribution in [1.29, 1.82) is 0 Å². The van der Waals surface area contributed by atoms with Crippen LogP contribution in [-0.2, 0) is 5.41 Å². The SMILES string of the molecule is c1ccc2c(c1)-c1ccccc1C21c2ccccc2-c2ccc(-c3ccc(N(c4ccc(-c5cccc6ccccc56)cc4)c4ccc(-c5cccc6c5oc5ccccc56)cc4)cc3)cc21. The first-order chi connectivity index (χ1) is 33.2. The van der Waals surface area contributed by atoms with Crippen molar-refractivity contribution in [3.05, 3.63) is 271 Å². The van der Waals surface area contributed by atoms with Crippen molar-refractivity contribution in [3.8, 4) is 55.6 Å². The van der Waals surface area contributed by atoms with Crippen LogP contribution in [0.15, 0.2) is 253 Å². The number of hydrogen-bond donors (Lipinski definition) is 0. The lowest BCUT2D eigenvalue weighted by molar-refractivity contribution is 0.670. The van der Waals surface area contributed by atoms with Crippen molar-refractivity contribution >= 4 is 49.8 Å². The highest BCUT2D eigenvalue weighted by Crippen LogP contribution is 2.63. The molecule has 2 aliphatic rings. The van der Waals surface area contributed by atoms with Crippen LogP contribution in [0.5, 0.6) is 0 Å². The van der Waals surface area contributed by atoms with Gasteiger partial charge >= 0.3 is 0 Å². The first-order valence-electron chi connectivity index (χ1n) is 23.2. The lowest BCUT2D eigenvalue weighted by Crippen LogP contribution is -2.25. The molecule has 0 unspecified atom stereocenters. The van der Waals surface area contributed by atoms with E-state index >= 15 is 0 Å². The number of anilines is 3. The Balaban J connectivity index is 0.875. The van der Waals surface area contributed by atoms with Gasteiger partial charge in [0.25, 0.3) is 0 Å². The Hall–Kier alpha value is -8.72. The molecule has 0 aliphatic heterocycles. The number of furan rings is 1. The average Bonchev–Trinajstić information content (AvgIpc) is 4.03. The van der Waals surface area contributed by atoms with Gasteiger partial charge in [0.05, 0.1) is 5.41 Å². The van der Waals surface area contributed by atoms with E-state index in [4.69, 9.17) is 4.42 Å². The van der Waals surface area contributed by atoms with Gasteiger partial charge in [0, 0.05) is 33.4 Å². The standard InChI is InChI=1S/C65H41NO/c1-2-15-50-43(13-1)14-11-20-51(50)44-29-36-48(37-30-44)66(49-38-31-45(32-39-49)52-21-12-22-58-57-19-6-10-26-63(57)67-64(52)58)47-34-27-42(28-35-47)46-33-40-56-55-18-5-9-25-61(55)65(62(56)41-46)59-23-7-3-16-53(59)54-17-4-8-24-60(54)65/h1-41H. The predicted octanol–water partition coefficient (Wildman–Crippen LogP) is 17.6. The maximum absolute atomic E-state index is 6.47. The minimum atomic E-state index is -0.383. The molecule has 12 aromatic rings. The van der Waals surface area contributed by atoms with Gasteiger partial charge in [-0.15, -0.1) is 0 Å². The van der Waals surface area contributed by atoms with E-state index in [1.54, 1.807) is 0 Å². The number of benzene rings is 11. The Morgan fingerprint density at radius 2 is 0.716 bits per heavy atom. The summed E-state index contributed by atoms with van der Waals surface area (Å²) in [5.74, 6) is 0. The summed E-state index contributed by atoms with van der Waals surface area (Å²) in [7, 11) is 0. The van der Waals surface area contributed by atoms with Gasteiger partial charge in [-0.2, -0.15) is 0 Å². The molecular formula is C65H41NO. The van der Waals surface area contributed by atoms with E-state index in [2.05, 4.69) is 241 Å². The smallest absolute Gasteiger partial charge is 0.143 e. The molecule has 14 rings (SSSR count). The van der Waals surface area contributed by atoms with Crippen LogP contribution in [0, 0.1) is 0 Å². The third-order valence-electron chi connectivity index (χ3n) is 14.5. The highest BCUT2D eigenvalue weighted by Gasteiger charge is 2.51. The molecule has 0 N–H and O–H groups in total. The molecule has 1 aromatic heterocycles. The Kier molecular flexibility index (Phi) is 8.23. The molecule has 0 saturated carbocycles. The van der Waals surface area contributed by atoms with Gasteiger partial charge in [-0.05, 0) is 132 Å². The summed E-state index contributed by atoms with van der Waals surface area (Å²) < 4.78 is 6.47. The summed E-state index contributed by atoms with van der Waals surface area (Å²) >= 11 is 0. The Labute approximate surface area is 389 Å². The molecule has 0 fully saturated rings. The predicted molar refractivity (Wildman–Crippen MR) is 279 cm³/mol. The van der Waals surface area contributed by atoms with Crippen molar-refractivity contribution in [2.24, 2.45) is 0 Å². The molecule has 0 atom stereocenters. The van der Waals surface area contributed by atoms with Gasteiger partial charge in [0.15, 0.2) is 0 Å². The third kappa shape index (κ3) is 5.57. The van der Waals surface area contributed by atoms with Crippen LogP contribution < -0.4 is 4.90 Å². The zero-order valence-electron chi connectivity index (χ0n) is 36.5. The molecule has 2 nitrogen and oxygen atoms in total. The highest BCUT2D eigenvalue weighted by molar-refractivity contribution is 6.09. The summed E-state index contributed by atoms with van der Waals surface area (Å²) in [5.41, 5.74) is 22.3. The quantitative estimate of drug-likeness (QED) is 0.166. The van der Waals surface area contributed by atoms with E-state index in [-0.39, 0.29) is 5.41 Å². The van der Waals surface area contributed by atoms with E-state index in [0.717, 1.165) is 50.1 Å². The molecule has 2 aliphatic carbocycles. The maximum atomic E-state index is 6.47.